The highest BCUT2D eigenvalue weighted by atomic mass is 35.5. The molecule has 0 bridgehead atoms. The van der Waals surface area contributed by atoms with Gasteiger partial charge in [0.25, 0.3) is 5.91 Å². The van der Waals surface area contributed by atoms with Crippen molar-refractivity contribution in [2.75, 3.05) is 26.7 Å². The molecule has 0 spiro atoms. The minimum atomic E-state index is -0.0629. The summed E-state index contributed by atoms with van der Waals surface area (Å²) in [6, 6.07) is 1.73. The van der Waals surface area contributed by atoms with Crippen LogP contribution in [0.1, 0.15) is 22.2 Å². The molecule has 1 N–H and O–H groups in total. The fraction of sp³-hybridized carbons (Fsp3) is 0.357. The van der Waals surface area contributed by atoms with Crippen molar-refractivity contribution in [3.63, 3.8) is 0 Å². The van der Waals surface area contributed by atoms with Crippen LogP contribution in [-0.2, 0) is 0 Å². The molecule has 0 aliphatic carbocycles. The van der Waals surface area contributed by atoms with Crippen LogP contribution in [0.3, 0.4) is 0 Å². The molecule has 0 saturated carbocycles. The highest BCUT2D eigenvalue weighted by Crippen LogP contribution is 2.24. The molecule has 0 unspecified atom stereocenters. The van der Waals surface area contributed by atoms with Crippen molar-refractivity contribution in [3.8, 4) is 0 Å². The molecule has 3 rings (SSSR count). The van der Waals surface area contributed by atoms with E-state index in [9.17, 15) is 4.79 Å². The number of rotatable bonds is 2. The second-order valence-electron chi connectivity index (χ2n) is 5.08. The van der Waals surface area contributed by atoms with Crippen molar-refractivity contribution in [3.05, 3.63) is 47.3 Å². The molecule has 21 heavy (non-hydrogen) atoms. The minimum Gasteiger partial charge on any atom is -0.347 e. The van der Waals surface area contributed by atoms with Crippen molar-refractivity contribution in [1.82, 2.24) is 24.8 Å². The number of H-pyrrole nitrogens is 1. The third-order valence-corrected chi connectivity index (χ3v) is 4.07. The quantitative estimate of drug-likeness (QED) is 0.915. The first-order valence-electron chi connectivity index (χ1n) is 6.75. The van der Waals surface area contributed by atoms with E-state index in [1.54, 1.807) is 24.7 Å². The van der Waals surface area contributed by atoms with Crippen LogP contribution in [0, 0.1) is 0 Å². The number of halogens is 1. The van der Waals surface area contributed by atoms with Gasteiger partial charge in [-0.1, -0.05) is 11.6 Å². The van der Waals surface area contributed by atoms with Crippen LogP contribution >= 0.6 is 11.6 Å². The number of aromatic amines is 1. The van der Waals surface area contributed by atoms with Crippen LogP contribution in [0.4, 0.5) is 0 Å². The predicted octanol–water partition coefficient (Wildman–Crippen LogP) is 1.59. The van der Waals surface area contributed by atoms with Gasteiger partial charge in [-0.25, -0.2) is 4.98 Å². The Labute approximate surface area is 127 Å². The third-order valence-electron chi connectivity index (χ3n) is 3.77. The van der Waals surface area contributed by atoms with E-state index in [0.29, 0.717) is 23.7 Å². The maximum atomic E-state index is 12.6. The molecule has 2 aromatic rings. The maximum absolute atomic E-state index is 12.6. The zero-order valence-corrected chi connectivity index (χ0v) is 12.4. The lowest BCUT2D eigenvalue weighted by atomic mass is 10.1. The fourth-order valence-corrected chi connectivity index (χ4v) is 2.73. The molecule has 0 radical (unpaired) electrons. The van der Waals surface area contributed by atoms with Gasteiger partial charge in [-0.3, -0.25) is 14.7 Å². The maximum Gasteiger partial charge on any atom is 0.255 e. The van der Waals surface area contributed by atoms with Crippen molar-refractivity contribution < 1.29 is 4.79 Å². The Morgan fingerprint density at radius 2 is 2.29 bits per heavy atom. The number of carbonyl (C=O) groups excluding carboxylic acids is 1. The number of nitrogens with zero attached hydrogens (tertiary/aromatic N) is 4. The van der Waals surface area contributed by atoms with Crippen molar-refractivity contribution >= 4 is 17.5 Å². The second kappa shape index (κ2) is 5.83. The Morgan fingerprint density at radius 3 is 3.00 bits per heavy atom. The molecule has 7 heteroatoms. The molecule has 1 atom stereocenters. The number of amides is 1. The summed E-state index contributed by atoms with van der Waals surface area (Å²) in [7, 11) is 2.04. The van der Waals surface area contributed by atoms with E-state index in [1.165, 1.54) is 6.20 Å². The fourth-order valence-electron chi connectivity index (χ4n) is 2.53. The summed E-state index contributed by atoms with van der Waals surface area (Å²) >= 11 is 6.06. The Balaban J connectivity index is 1.80. The number of hydrogen-bond donors (Lipinski definition) is 1. The van der Waals surface area contributed by atoms with Gasteiger partial charge in [0.15, 0.2) is 0 Å². The molecule has 0 aromatic carbocycles. The van der Waals surface area contributed by atoms with Gasteiger partial charge in [0.1, 0.15) is 5.82 Å². The van der Waals surface area contributed by atoms with Crippen molar-refractivity contribution in [2.24, 2.45) is 0 Å². The van der Waals surface area contributed by atoms with Gasteiger partial charge in [0.05, 0.1) is 16.6 Å². The summed E-state index contributed by atoms with van der Waals surface area (Å²) in [6.07, 6.45) is 6.60. The summed E-state index contributed by atoms with van der Waals surface area (Å²) < 4.78 is 0. The van der Waals surface area contributed by atoms with E-state index in [4.69, 9.17) is 11.6 Å². The van der Waals surface area contributed by atoms with E-state index in [1.807, 2.05) is 11.9 Å². The van der Waals surface area contributed by atoms with E-state index >= 15 is 0 Å². The Bertz CT molecular complexity index is 630. The Kier molecular flexibility index (Phi) is 3.90. The highest BCUT2D eigenvalue weighted by molar-refractivity contribution is 6.33. The topological polar surface area (TPSA) is 65.1 Å². The third kappa shape index (κ3) is 2.77. The van der Waals surface area contributed by atoms with E-state index in [2.05, 4.69) is 19.9 Å². The molecular formula is C14H16ClN5O. The standard InChI is InChI=1S/C14H16ClN5O/c1-19-6-7-20(9-12(19)13-17-4-5-18-13)14(21)10-2-3-16-8-11(10)15/h2-5,8,12H,6-7,9H2,1H3,(H,17,18)/t12-/m1/s1. The molecule has 6 nitrogen and oxygen atoms in total. The SMILES string of the molecule is CN1CCN(C(=O)c2ccncc2Cl)C[C@@H]1c1ncc[nH]1. The lowest BCUT2D eigenvalue weighted by Crippen LogP contribution is -2.49. The predicted molar refractivity (Wildman–Crippen MR) is 79.1 cm³/mol. The molecule has 1 fully saturated rings. The van der Waals surface area contributed by atoms with Crippen LogP contribution in [-0.4, -0.2) is 57.3 Å². The number of nitrogens with one attached hydrogen (secondary N) is 1. The first kappa shape index (κ1) is 14.0. The number of carbonyl (C=O) groups is 1. The van der Waals surface area contributed by atoms with Crippen molar-refractivity contribution in [1.29, 1.82) is 0 Å². The molecule has 3 heterocycles. The van der Waals surface area contributed by atoms with E-state index in [0.717, 1.165) is 12.4 Å². The number of likely N-dealkylation sites (N-methyl/N-ethyl adjacent to an activating group) is 1. The van der Waals surface area contributed by atoms with Crippen LogP contribution in [0.15, 0.2) is 30.9 Å². The minimum absolute atomic E-state index is 0.0629. The average molecular weight is 306 g/mol. The average Bonchev–Trinajstić information content (AvgIpc) is 3.01. The molecule has 110 valence electrons. The monoisotopic (exact) mass is 305 g/mol. The molecule has 2 aromatic heterocycles. The van der Waals surface area contributed by atoms with Gasteiger partial charge < -0.3 is 9.88 Å². The van der Waals surface area contributed by atoms with Crippen molar-refractivity contribution in [2.45, 2.75) is 6.04 Å². The normalized spacial score (nSPS) is 19.7. The number of aromatic nitrogens is 3. The smallest absolute Gasteiger partial charge is 0.255 e. The zero-order valence-electron chi connectivity index (χ0n) is 11.7. The largest absolute Gasteiger partial charge is 0.347 e. The Hall–Kier alpha value is -1.92. The van der Waals surface area contributed by atoms with Gasteiger partial charge in [0, 0.05) is 44.4 Å². The summed E-state index contributed by atoms with van der Waals surface area (Å²) in [4.78, 5) is 28.0. The second-order valence-corrected chi connectivity index (χ2v) is 5.48. The molecular weight excluding hydrogens is 290 g/mol. The summed E-state index contributed by atoms with van der Waals surface area (Å²) in [5.74, 6) is 0.808. The highest BCUT2D eigenvalue weighted by Gasteiger charge is 2.30. The molecule has 1 amide bonds. The molecule has 1 aliphatic rings. The molecule has 1 saturated heterocycles. The number of pyridine rings is 1. The zero-order chi connectivity index (χ0) is 14.8. The first-order valence-corrected chi connectivity index (χ1v) is 7.13. The van der Waals surface area contributed by atoms with Gasteiger partial charge >= 0.3 is 0 Å². The summed E-state index contributed by atoms with van der Waals surface area (Å²) in [6.45, 7) is 2.05. The lowest BCUT2D eigenvalue weighted by molar-refractivity contribution is 0.0534. The van der Waals surface area contributed by atoms with Crippen LogP contribution in [0.25, 0.3) is 0 Å². The van der Waals surface area contributed by atoms with Gasteiger partial charge in [0.2, 0.25) is 0 Å². The van der Waals surface area contributed by atoms with Gasteiger partial charge in [-0.15, -0.1) is 0 Å². The van der Waals surface area contributed by atoms with Gasteiger partial charge in [-0.2, -0.15) is 0 Å². The number of hydrogen-bond acceptors (Lipinski definition) is 4. The number of imidazole rings is 1. The Morgan fingerprint density at radius 1 is 1.43 bits per heavy atom. The summed E-state index contributed by atoms with van der Waals surface area (Å²) in [5.41, 5.74) is 0.495. The molecule has 1 aliphatic heterocycles. The van der Waals surface area contributed by atoms with E-state index < -0.39 is 0 Å². The number of piperazine rings is 1. The van der Waals surface area contributed by atoms with Crippen LogP contribution in [0.2, 0.25) is 5.02 Å². The van der Waals surface area contributed by atoms with Gasteiger partial charge in [-0.05, 0) is 13.1 Å². The summed E-state index contributed by atoms with van der Waals surface area (Å²) in [5, 5.41) is 0.385. The van der Waals surface area contributed by atoms with Crippen LogP contribution in [0.5, 0.6) is 0 Å². The van der Waals surface area contributed by atoms with E-state index in [-0.39, 0.29) is 11.9 Å². The van der Waals surface area contributed by atoms with Crippen LogP contribution < -0.4 is 0 Å². The first-order chi connectivity index (χ1) is 10.2. The lowest BCUT2D eigenvalue weighted by Gasteiger charge is -2.38.